The molecule has 1 fully saturated rings. The number of hydrogen-bond acceptors (Lipinski definition) is 3. The summed E-state index contributed by atoms with van der Waals surface area (Å²) in [4.78, 5) is 2.46. The van der Waals surface area contributed by atoms with Crippen molar-refractivity contribution in [3.8, 4) is 22.3 Å². The van der Waals surface area contributed by atoms with Crippen LogP contribution in [0, 0.1) is 0 Å². The van der Waals surface area contributed by atoms with Gasteiger partial charge in [-0.2, -0.15) is 0 Å². The van der Waals surface area contributed by atoms with Gasteiger partial charge in [0.2, 0.25) is 0 Å². The summed E-state index contributed by atoms with van der Waals surface area (Å²) in [5.74, 6) is 0. The molecule has 3 nitrogen and oxygen atoms in total. The highest BCUT2D eigenvalue weighted by Gasteiger charge is 2.51. The van der Waals surface area contributed by atoms with Crippen LogP contribution in [0.1, 0.15) is 77.6 Å². The van der Waals surface area contributed by atoms with Crippen LogP contribution in [0.4, 0.5) is 17.1 Å². The quantitative estimate of drug-likeness (QED) is 0.191. The van der Waals surface area contributed by atoms with Crippen LogP contribution in [-0.2, 0) is 20.1 Å². The Morgan fingerprint density at radius 3 is 1.65 bits per heavy atom. The van der Waals surface area contributed by atoms with Crippen LogP contribution >= 0.6 is 0 Å². The molecule has 4 heteroatoms. The van der Waals surface area contributed by atoms with Crippen LogP contribution in [0.15, 0.2) is 109 Å². The third-order valence-corrected chi connectivity index (χ3v) is 11.3. The average molecular weight is 604 g/mol. The molecule has 3 aliphatic rings. The molecule has 1 aliphatic heterocycles. The van der Waals surface area contributed by atoms with E-state index in [4.69, 9.17) is 9.31 Å². The van der Waals surface area contributed by atoms with Gasteiger partial charge in [-0.15, -0.1) is 0 Å². The van der Waals surface area contributed by atoms with Gasteiger partial charge in [0.1, 0.15) is 0 Å². The molecule has 2 aliphatic carbocycles. The van der Waals surface area contributed by atoms with Crippen LogP contribution < -0.4 is 10.4 Å². The van der Waals surface area contributed by atoms with Crippen molar-refractivity contribution in [3.05, 3.63) is 131 Å². The van der Waals surface area contributed by atoms with Gasteiger partial charge in [0.25, 0.3) is 0 Å². The Morgan fingerprint density at radius 1 is 0.478 bits per heavy atom. The van der Waals surface area contributed by atoms with Crippen LogP contribution in [-0.4, -0.2) is 18.3 Å². The summed E-state index contributed by atoms with van der Waals surface area (Å²) >= 11 is 0. The second-order valence-corrected chi connectivity index (χ2v) is 15.3. The summed E-state index contributed by atoms with van der Waals surface area (Å²) in [5, 5.41) is 0. The van der Waals surface area contributed by atoms with Gasteiger partial charge in [0.15, 0.2) is 0 Å². The van der Waals surface area contributed by atoms with Crippen molar-refractivity contribution >= 4 is 29.6 Å². The van der Waals surface area contributed by atoms with Gasteiger partial charge >= 0.3 is 7.12 Å². The summed E-state index contributed by atoms with van der Waals surface area (Å²) in [6, 6.07) is 40.4. The van der Waals surface area contributed by atoms with E-state index < -0.39 is 7.12 Å². The molecule has 5 aromatic carbocycles. The van der Waals surface area contributed by atoms with Gasteiger partial charge in [0, 0.05) is 22.2 Å². The van der Waals surface area contributed by atoms with Gasteiger partial charge in [0.05, 0.1) is 16.9 Å². The molecule has 0 unspecified atom stereocenters. The summed E-state index contributed by atoms with van der Waals surface area (Å²) in [5.41, 5.74) is 14.2. The topological polar surface area (TPSA) is 21.7 Å². The molecule has 8 rings (SSSR count). The Balaban J connectivity index is 1.30. The predicted molar refractivity (Wildman–Crippen MR) is 192 cm³/mol. The summed E-state index contributed by atoms with van der Waals surface area (Å²) in [7, 11) is -0.402. The van der Waals surface area contributed by atoms with Crippen molar-refractivity contribution in [2.75, 3.05) is 4.90 Å². The van der Waals surface area contributed by atoms with Crippen LogP contribution in [0.5, 0.6) is 0 Å². The molecular weight excluding hydrogens is 561 g/mol. The first-order valence-electron chi connectivity index (χ1n) is 16.5. The normalized spacial score (nSPS) is 18.9. The lowest BCUT2D eigenvalue weighted by molar-refractivity contribution is 0.00578. The van der Waals surface area contributed by atoms with E-state index in [1.807, 2.05) is 0 Å². The van der Waals surface area contributed by atoms with Crippen molar-refractivity contribution in [2.45, 2.75) is 77.4 Å². The van der Waals surface area contributed by atoms with E-state index in [0.29, 0.717) is 0 Å². The van der Waals surface area contributed by atoms with Crippen molar-refractivity contribution in [1.82, 2.24) is 0 Å². The van der Waals surface area contributed by atoms with Crippen molar-refractivity contribution in [2.24, 2.45) is 0 Å². The smallest absolute Gasteiger partial charge is 0.399 e. The van der Waals surface area contributed by atoms with Crippen molar-refractivity contribution in [1.29, 1.82) is 0 Å². The molecule has 0 N–H and O–H groups in total. The molecule has 0 amide bonds. The van der Waals surface area contributed by atoms with Crippen molar-refractivity contribution in [3.63, 3.8) is 0 Å². The van der Waals surface area contributed by atoms with E-state index in [-0.39, 0.29) is 22.0 Å². The van der Waals surface area contributed by atoms with Crippen LogP contribution in [0.2, 0.25) is 0 Å². The molecule has 46 heavy (non-hydrogen) atoms. The third kappa shape index (κ3) is 4.06. The summed E-state index contributed by atoms with van der Waals surface area (Å²) in [6.07, 6.45) is 0. The number of rotatable bonds is 4. The fourth-order valence-electron chi connectivity index (χ4n) is 8.02. The fraction of sp³-hybridized carbons (Fsp3) is 0.286. The van der Waals surface area contributed by atoms with Gasteiger partial charge in [-0.1, -0.05) is 107 Å². The molecule has 0 spiro atoms. The van der Waals surface area contributed by atoms with E-state index in [0.717, 1.165) is 16.8 Å². The first kappa shape index (κ1) is 29.3. The Labute approximate surface area is 274 Å². The van der Waals surface area contributed by atoms with Gasteiger partial charge in [-0.3, -0.25) is 0 Å². The molecule has 0 atom stereocenters. The Kier molecular flexibility index (Phi) is 6.18. The maximum Gasteiger partial charge on any atom is 0.494 e. The Morgan fingerprint density at radius 2 is 1.00 bits per heavy atom. The zero-order valence-corrected chi connectivity index (χ0v) is 28.2. The second-order valence-electron chi connectivity index (χ2n) is 15.3. The molecule has 0 bridgehead atoms. The molecule has 1 heterocycles. The molecule has 0 radical (unpaired) electrons. The van der Waals surface area contributed by atoms with Gasteiger partial charge in [-0.25, -0.2) is 0 Å². The molecule has 1 saturated heterocycles. The van der Waals surface area contributed by atoms with Crippen LogP contribution in [0.3, 0.4) is 0 Å². The lowest BCUT2D eigenvalue weighted by Gasteiger charge is -2.33. The SMILES string of the molecule is CC1(C)c2ccccc2-c2ccc(N(c3ccc(B4OC(C)(C)C(C)(C)O4)cc3)c3cccc4c3C(C)(C)c3ccccc3-4)cc21. The molecular formula is C42H42BNO2. The molecule has 230 valence electrons. The maximum atomic E-state index is 6.41. The molecule has 5 aromatic rings. The number of fused-ring (bicyclic) bond motifs is 6. The second kappa shape index (κ2) is 9.70. The first-order valence-corrected chi connectivity index (χ1v) is 16.5. The Hall–Kier alpha value is -4.12. The minimum absolute atomic E-state index is 0.0949. The highest BCUT2D eigenvalue weighted by Crippen LogP contribution is 2.55. The number of benzene rings is 5. The standard InChI is InChI=1S/C42H42BNO2/c1-39(2)34-17-11-9-14-30(34)32-25-24-29(26-36(32)39)44(28-22-20-27(21-23-28)43-45-41(5,6)42(7,8)46-43)37-19-13-16-33-31-15-10-12-18-35(31)40(3,4)38(33)37/h9-26H,1-8H3. The van der Waals surface area contributed by atoms with E-state index in [1.54, 1.807) is 0 Å². The van der Waals surface area contributed by atoms with E-state index >= 15 is 0 Å². The number of hydrogen-bond donors (Lipinski definition) is 0. The minimum Gasteiger partial charge on any atom is -0.399 e. The monoisotopic (exact) mass is 603 g/mol. The van der Waals surface area contributed by atoms with E-state index in [1.165, 1.54) is 50.2 Å². The zero-order valence-electron chi connectivity index (χ0n) is 28.2. The largest absolute Gasteiger partial charge is 0.494 e. The fourth-order valence-corrected chi connectivity index (χ4v) is 8.02. The Bertz CT molecular complexity index is 2000. The first-order chi connectivity index (χ1) is 21.8. The van der Waals surface area contributed by atoms with Crippen LogP contribution in [0.25, 0.3) is 22.3 Å². The average Bonchev–Trinajstić information content (AvgIpc) is 3.51. The predicted octanol–water partition coefficient (Wildman–Crippen LogP) is 10.1. The zero-order chi connectivity index (χ0) is 32.2. The molecule has 0 aromatic heterocycles. The maximum absolute atomic E-state index is 6.41. The highest BCUT2D eigenvalue weighted by molar-refractivity contribution is 6.62. The van der Waals surface area contributed by atoms with Gasteiger partial charge in [-0.05, 0) is 108 Å². The van der Waals surface area contributed by atoms with Crippen molar-refractivity contribution < 1.29 is 9.31 Å². The number of nitrogens with zero attached hydrogens (tertiary/aromatic N) is 1. The highest BCUT2D eigenvalue weighted by atomic mass is 16.7. The van der Waals surface area contributed by atoms with E-state index in [2.05, 4.69) is 169 Å². The number of anilines is 3. The third-order valence-electron chi connectivity index (χ3n) is 11.3. The lowest BCUT2D eigenvalue weighted by atomic mass is 9.79. The molecule has 0 saturated carbocycles. The summed E-state index contributed by atoms with van der Waals surface area (Å²) < 4.78 is 12.8. The van der Waals surface area contributed by atoms with E-state index in [9.17, 15) is 0 Å². The summed E-state index contributed by atoms with van der Waals surface area (Å²) in [6.45, 7) is 17.8. The minimum atomic E-state index is -0.402. The van der Waals surface area contributed by atoms with Gasteiger partial charge < -0.3 is 14.2 Å². The lowest BCUT2D eigenvalue weighted by Crippen LogP contribution is -2.41.